The molecule has 2 heterocycles. The highest BCUT2D eigenvalue weighted by Crippen LogP contribution is 2.42. The van der Waals surface area contributed by atoms with Crippen LogP contribution in [-0.4, -0.2) is 29.8 Å². The lowest BCUT2D eigenvalue weighted by Crippen LogP contribution is -2.35. The maximum atomic E-state index is 13.0. The Labute approximate surface area is 135 Å². The molecule has 2 aromatic rings. The monoisotopic (exact) mass is 333 g/mol. The molecule has 122 valence electrons. The third kappa shape index (κ3) is 2.23. The number of hydrogen-bond acceptors (Lipinski definition) is 4. The van der Waals surface area contributed by atoms with E-state index in [1.165, 1.54) is 4.31 Å². The molecule has 0 atom stereocenters. The number of aliphatic hydroxyl groups is 1. The molecule has 0 unspecified atom stereocenters. The smallest absolute Gasteiger partial charge is 0.269 e. The van der Waals surface area contributed by atoms with Crippen LogP contribution in [0.25, 0.3) is 10.7 Å². The van der Waals surface area contributed by atoms with Crippen molar-refractivity contribution in [3.05, 3.63) is 47.2 Å². The van der Waals surface area contributed by atoms with Gasteiger partial charge in [0.2, 0.25) is 0 Å². The van der Waals surface area contributed by atoms with Crippen molar-refractivity contribution in [3.8, 4) is 0 Å². The molecule has 1 aromatic heterocycles. The van der Waals surface area contributed by atoms with Gasteiger partial charge in [-0.3, -0.25) is 4.68 Å². The molecule has 0 radical (unpaired) electrons. The van der Waals surface area contributed by atoms with Crippen molar-refractivity contribution in [1.82, 2.24) is 9.78 Å². The van der Waals surface area contributed by atoms with E-state index in [2.05, 4.69) is 5.10 Å². The second kappa shape index (κ2) is 5.42. The number of hydrogen-bond donors (Lipinski definition) is 1. The van der Waals surface area contributed by atoms with Crippen molar-refractivity contribution >= 4 is 26.5 Å². The van der Waals surface area contributed by atoms with Crippen LogP contribution in [0.1, 0.15) is 30.5 Å². The molecule has 0 saturated carbocycles. The first-order chi connectivity index (χ1) is 10.9. The van der Waals surface area contributed by atoms with E-state index in [0.29, 0.717) is 17.7 Å². The molecule has 1 N–H and O–H groups in total. The van der Waals surface area contributed by atoms with Crippen molar-refractivity contribution in [2.24, 2.45) is 0 Å². The van der Waals surface area contributed by atoms with Gasteiger partial charge in [-0.15, -0.1) is 0 Å². The van der Waals surface area contributed by atoms with Crippen LogP contribution in [0.4, 0.5) is 5.82 Å². The number of aryl methyl sites for hydroxylation is 2. The first-order valence-electron chi connectivity index (χ1n) is 7.51. The van der Waals surface area contributed by atoms with E-state index >= 15 is 0 Å². The van der Waals surface area contributed by atoms with Crippen LogP contribution in [-0.2, 0) is 16.6 Å². The fraction of sp³-hybridized carbons (Fsp3) is 0.312. The number of fused-ring (bicyclic) bond motifs is 1. The number of aromatic nitrogens is 2. The maximum absolute atomic E-state index is 13.0. The number of aliphatic hydroxyl groups excluding tert-OH is 1. The summed E-state index contributed by atoms with van der Waals surface area (Å²) in [7, 11) is -3.86. The Kier molecular flexibility index (Phi) is 3.68. The summed E-state index contributed by atoms with van der Waals surface area (Å²) in [5.74, 6) is 0.0443. The summed E-state index contributed by atoms with van der Waals surface area (Å²) < 4.78 is 28.9. The first kappa shape index (κ1) is 15.6. The van der Waals surface area contributed by atoms with Gasteiger partial charge < -0.3 is 5.11 Å². The zero-order valence-corrected chi connectivity index (χ0v) is 14.1. The lowest BCUT2D eigenvalue weighted by molar-refractivity contribution is 0.512. The van der Waals surface area contributed by atoms with Crippen molar-refractivity contribution < 1.29 is 13.5 Å². The SMILES string of the molecule is CCN1c2nn(CC)cc2C(O)=C(c2ccccc2C)S1(=O)=O. The van der Waals surface area contributed by atoms with Crippen LogP contribution in [0.5, 0.6) is 0 Å². The van der Waals surface area contributed by atoms with Crippen molar-refractivity contribution in [2.75, 3.05) is 10.8 Å². The average Bonchev–Trinajstić information content (AvgIpc) is 2.93. The van der Waals surface area contributed by atoms with Gasteiger partial charge in [-0.1, -0.05) is 24.3 Å². The van der Waals surface area contributed by atoms with Crippen molar-refractivity contribution in [3.63, 3.8) is 0 Å². The Hall–Kier alpha value is -2.28. The third-order valence-corrected chi connectivity index (χ3v) is 5.94. The quantitative estimate of drug-likeness (QED) is 0.937. The lowest BCUT2D eigenvalue weighted by Gasteiger charge is -2.28. The predicted octanol–water partition coefficient (Wildman–Crippen LogP) is 2.76. The van der Waals surface area contributed by atoms with Crippen LogP contribution >= 0.6 is 0 Å². The Bertz CT molecular complexity index is 897. The molecule has 1 aromatic carbocycles. The molecule has 7 heteroatoms. The van der Waals surface area contributed by atoms with Crippen LogP contribution in [0.15, 0.2) is 30.5 Å². The highest BCUT2D eigenvalue weighted by atomic mass is 32.2. The van der Waals surface area contributed by atoms with Gasteiger partial charge in [0.1, 0.15) is 10.7 Å². The number of anilines is 1. The molecule has 0 aliphatic carbocycles. The molecule has 1 aliphatic rings. The van der Waals surface area contributed by atoms with Gasteiger partial charge >= 0.3 is 0 Å². The summed E-state index contributed by atoms with van der Waals surface area (Å²) >= 11 is 0. The van der Waals surface area contributed by atoms with E-state index in [4.69, 9.17) is 0 Å². The fourth-order valence-electron chi connectivity index (χ4n) is 2.81. The molecular weight excluding hydrogens is 314 g/mol. The zero-order chi connectivity index (χ0) is 16.8. The lowest BCUT2D eigenvalue weighted by atomic mass is 10.1. The highest BCUT2D eigenvalue weighted by Gasteiger charge is 2.40. The van der Waals surface area contributed by atoms with E-state index in [9.17, 15) is 13.5 Å². The van der Waals surface area contributed by atoms with Crippen LogP contribution in [0, 0.1) is 6.92 Å². The van der Waals surface area contributed by atoms with Crippen LogP contribution in [0.2, 0.25) is 0 Å². The van der Waals surface area contributed by atoms with Gasteiger partial charge in [-0.05, 0) is 26.3 Å². The van der Waals surface area contributed by atoms with Gasteiger partial charge in [0, 0.05) is 24.8 Å². The number of benzene rings is 1. The normalized spacial score (nSPS) is 16.6. The van der Waals surface area contributed by atoms with Gasteiger partial charge in [0.15, 0.2) is 5.82 Å². The largest absolute Gasteiger partial charge is 0.506 e. The number of nitrogens with zero attached hydrogens (tertiary/aromatic N) is 3. The minimum Gasteiger partial charge on any atom is -0.506 e. The van der Waals surface area contributed by atoms with Gasteiger partial charge in [-0.2, -0.15) is 5.10 Å². The minimum absolute atomic E-state index is 0.0550. The number of rotatable bonds is 3. The summed E-state index contributed by atoms with van der Waals surface area (Å²) in [5.41, 5.74) is 1.75. The fourth-order valence-corrected chi connectivity index (χ4v) is 4.59. The summed E-state index contributed by atoms with van der Waals surface area (Å²) in [5, 5.41) is 15.0. The Morgan fingerprint density at radius 1 is 1.13 bits per heavy atom. The molecule has 6 nitrogen and oxygen atoms in total. The zero-order valence-electron chi connectivity index (χ0n) is 13.3. The molecular formula is C16H19N3O3S. The molecule has 23 heavy (non-hydrogen) atoms. The summed E-state index contributed by atoms with van der Waals surface area (Å²) in [6, 6.07) is 7.14. The second-order valence-electron chi connectivity index (χ2n) is 5.38. The first-order valence-corrected chi connectivity index (χ1v) is 8.95. The summed E-state index contributed by atoms with van der Waals surface area (Å²) in [6.07, 6.45) is 1.68. The van der Waals surface area contributed by atoms with Crippen LogP contribution < -0.4 is 4.31 Å². The van der Waals surface area contributed by atoms with Crippen molar-refractivity contribution in [1.29, 1.82) is 0 Å². The summed E-state index contributed by atoms with van der Waals surface area (Å²) in [4.78, 5) is -0.0550. The van der Waals surface area contributed by atoms with E-state index in [0.717, 1.165) is 5.56 Å². The Morgan fingerprint density at radius 2 is 1.83 bits per heavy atom. The Morgan fingerprint density at radius 3 is 2.43 bits per heavy atom. The van der Waals surface area contributed by atoms with Crippen molar-refractivity contribution in [2.45, 2.75) is 27.3 Å². The molecule has 3 rings (SSSR count). The molecule has 0 spiro atoms. The Balaban J connectivity index is 2.37. The van der Waals surface area contributed by atoms with E-state index in [-0.39, 0.29) is 23.0 Å². The maximum Gasteiger partial charge on any atom is 0.269 e. The molecule has 0 fully saturated rings. The molecule has 0 saturated heterocycles. The standard InChI is InChI=1S/C16H19N3O3S/c1-4-18-10-13-14(20)15(12-9-7-6-8-11(12)3)23(21,22)19(5-2)16(13)17-18/h6-10,20H,4-5H2,1-3H3. The van der Waals surface area contributed by atoms with Gasteiger partial charge in [0.05, 0.1) is 5.56 Å². The minimum atomic E-state index is -3.86. The predicted molar refractivity (Wildman–Crippen MR) is 90.5 cm³/mol. The second-order valence-corrected chi connectivity index (χ2v) is 7.18. The molecule has 1 aliphatic heterocycles. The average molecular weight is 333 g/mol. The molecule has 0 amide bonds. The molecule has 0 bridgehead atoms. The van der Waals surface area contributed by atoms with E-state index in [1.807, 2.05) is 26.0 Å². The third-order valence-electron chi connectivity index (χ3n) is 4.00. The topological polar surface area (TPSA) is 75.4 Å². The highest BCUT2D eigenvalue weighted by molar-refractivity contribution is 8.02. The number of sulfonamides is 1. The van der Waals surface area contributed by atoms with Gasteiger partial charge in [0.25, 0.3) is 10.0 Å². The van der Waals surface area contributed by atoms with E-state index in [1.54, 1.807) is 29.9 Å². The van der Waals surface area contributed by atoms with Crippen LogP contribution in [0.3, 0.4) is 0 Å². The summed E-state index contributed by atoms with van der Waals surface area (Å²) in [6.45, 7) is 6.33. The van der Waals surface area contributed by atoms with E-state index < -0.39 is 10.0 Å². The van der Waals surface area contributed by atoms with Gasteiger partial charge in [-0.25, -0.2) is 12.7 Å².